The Labute approximate surface area is 159 Å². The molecule has 26 heavy (non-hydrogen) atoms. The number of benzene rings is 1. The minimum Gasteiger partial charge on any atom is -0.459 e. The van der Waals surface area contributed by atoms with Gasteiger partial charge in [0.25, 0.3) is 0 Å². The summed E-state index contributed by atoms with van der Waals surface area (Å²) in [4.78, 5) is 35.8. The molecule has 2 aromatic rings. The summed E-state index contributed by atoms with van der Waals surface area (Å²) in [6.07, 6.45) is 3.89. The van der Waals surface area contributed by atoms with E-state index in [1.807, 2.05) is 6.07 Å². The van der Waals surface area contributed by atoms with Crippen LogP contribution in [0.3, 0.4) is 0 Å². The third kappa shape index (κ3) is 4.33. The molecule has 0 spiro atoms. The predicted molar refractivity (Wildman–Crippen MR) is 99.5 cm³/mol. The van der Waals surface area contributed by atoms with E-state index >= 15 is 0 Å². The highest BCUT2D eigenvalue weighted by molar-refractivity contribution is 9.10. The average molecular weight is 422 g/mol. The SMILES string of the molecule is CC(=O)NC(C(=O)OCc1cc(=O)oc2cc(Br)ccc12)C1CCCC1. The van der Waals surface area contributed by atoms with E-state index in [1.165, 1.54) is 13.0 Å². The van der Waals surface area contributed by atoms with Crippen molar-refractivity contribution < 1.29 is 18.7 Å². The fraction of sp³-hybridized carbons (Fsp3) is 0.421. The zero-order chi connectivity index (χ0) is 18.7. The van der Waals surface area contributed by atoms with Crippen molar-refractivity contribution in [3.63, 3.8) is 0 Å². The van der Waals surface area contributed by atoms with Crippen molar-refractivity contribution in [2.75, 3.05) is 0 Å². The van der Waals surface area contributed by atoms with Gasteiger partial charge in [-0.15, -0.1) is 0 Å². The summed E-state index contributed by atoms with van der Waals surface area (Å²) in [6.45, 7) is 1.34. The minimum atomic E-state index is -0.643. The van der Waals surface area contributed by atoms with Crippen molar-refractivity contribution in [3.05, 3.63) is 44.7 Å². The fourth-order valence-electron chi connectivity index (χ4n) is 3.44. The Morgan fingerprint density at radius 2 is 2.04 bits per heavy atom. The topological polar surface area (TPSA) is 85.6 Å². The molecule has 1 fully saturated rings. The second-order valence-corrected chi connectivity index (χ2v) is 7.48. The lowest BCUT2D eigenvalue weighted by molar-refractivity contribution is -0.150. The Morgan fingerprint density at radius 3 is 2.73 bits per heavy atom. The predicted octanol–water partition coefficient (Wildman–Crippen LogP) is 3.29. The molecule has 0 radical (unpaired) electrons. The van der Waals surface area contributed by atoms with Crippen LogP contribution < -0.4 is 10.9 Å². The Bertz CT molecular complexity index is 885. The van der Waals surface area contributed by atoms with Gasteiger partial charge >= 0.3 is 11.6 Å². The molecule has 1 aliphatic rings. The van der Waals surface area contributed by atoms with Crippen molar-refractivity contribution in [1.29, 1.82) is 0 Å². The van der Waals surface area contributed by atoms with Gasteiger partial charge in [0.15, 0.2) is 0 Å². The van der Waals surface area contributed by atoms with Gasteiger partial charge in [0.1, 0.15) is 18.2 Å². The summed E-state index contributed by atoms with van der Waals surface area (Å²) in [6, 6.07) is 6.00. The van der Waals surface area contributed by atoms with Crippen molar-refractivity contribution in [1.82, 2.24) is 5.32 Å². The van der Waals surface area contributed by atoms with Crippen LogP contribution in [-0.4, -0.2) is 17.9 Å². The number of rotatable bonds is 5. The summed E-state index contributed by atoms with van der Waals surface area (Å²) in [7, 11) is 0. The van der Waals surface area contributed by atoms with Gasteiger partial charge in [-0.3, -0.25) is 4.79 Å². The van der Waals surface area contributed by atoms with E-state index in [0.29, 0.717) is 16.5 Å². The number of hydrogen-bond donors (Lipinski definition) is 1. The monoisotopic (exact) mass is 421 g/mol. The van der Waals surface area contributed by atoms with Crippen LogP contribution in [-0.2, 0) is 20.9 Å². The third-order valence-corrected chi connectivity index (χ3v) is 5.14. The molecule has 1 aromatic carbocycles. The molecule has 1 atom stereocenters. The van der Waals surface area contributed by atoms with E-state index in [9.17, 15) is 14.4 Å². The summed E-state index contributed by atoms with van der Waals surface area (Å²) >= 11 is 3.34. The van der Waals surface area contributed by atoms with Crippen LogP contribution in [0, 0.1) is 5.92 Å². The number of halogens is 1. The summed E-state index contributed by atoms with van der Waals surface area (Å²) in [5, 5.41) is 3.42. The van der Waals surface area contributed by atoms with Gasteiger partial charge in [0.2, 0.25) is 5.91 Å². The van der Waals surface area contributed by atoms with Gasteiger partial charge in [-0.1, -0.05) is 28.8 Å². The molecule has 1 heterocycles. The fourth-order valence-corrected chi connectivity index (χ4v) is 3.78. The molecule has 0 saturated heterocycles. The largest absolute Gasteiger partial charge is 0.459 e. The zero-order valence-electron chi connectivity index (χ0n) is 14.4. The maximum absolute atomic E-state index is 12.6. The maximum atomic E-state index is 12.6. The van der Waals surface area contributed by atoms with E-state index in [-0.39, 0.29) is 18.4 Å². The highest BCUT2D eigenvalue weighted by Gasteiger charge is 2.32. The van der Waals surface area contributed by atoms with Gasteiger partial charge in [0.05, 0.1) is 0 Å². The lowest BCUT2D eigenvalue weighted by Gasteiger charge is -2.22. The standard InChI is InChI=1S/C19H20BrNO5/c1-11(22)21-18(12-4-2-3-5-12)19(24)25-10-13-8-17(23)26-16-9-14(20)6-7-15(13)16/h6-9,12,18H,2-5,10H2,1H3,(H,21,22). The molecule has 138 valence electrons. The molecule has 1 amide bonds. The van der Waals surface area contributed by atoms with Gasteiger partial charge in [-0.2, -0.15) is 0 Å². The minimum absolute atomic E-state index is 0.0502. The Kier molecular flexibility index (Phi) is 5.76. The highest BCUT2D eigenvalue weighted by atomic mass is 79.9. The van der Waals surface area contributed by atoms with Crippen molar-refractivity contribution in [2.45, 2.75) is 45.3 Å². The van der Waals surface area contributed by atoms with Gasteiger partial charge in [-0.25, -0.2) is 9.59 Å². The number of carbonyl (C=O) groups is 2. The summed E-state index contributed by atoms with van der Waals surface area (Å²) in [5.74, 6) is -0.625. The molecule has 1 aliphatic carbocycles. The van der Waals surface area contributed by atoms with Gasteiger partial charge in [0, 0.05) is 28.4 Å². The van der Waals surface area contributed by atoms with Crippen molar-refractivity contribution in [3.8, 4) is 0 Å². The van der Waals surface area contributed by atoms with Crippen molar-refractivity contribution in [2.24, 2.45) is 5.92 Å². The van der Waals surface area contributed by atoms with E-state index in [0.717, 1.165) is 30.2 Å². The number of nitrogens with one attached hydrogen (secondary N) is 1. The first-order valence-corrected chi connectivity index (χ1v) is 9.39. The lowest BCUT2D eigenvalue weighted by Crippen LogP contribution is -2.45. The van der Waals surface area contributed by atoms with Crippen LogP contribution in [0.2, 0.25) is 0 Å². The molecule has 7 heteroatoms. The highest BCUT2D eigenvalue weighted by Crippen LogP contribution is 2.29. The molecule has 0 bridgehead atoms. The van der Waals surface area contributed by atoms with Crippen molar-refractivity contribution >= 4 is 38.8 Å². The molecule has 1 N–H and O–H groups in total. The first-order chi connectivity index (χ1) is 12.4. The molecular weight excluding hydrogens is 402 g/mol. The van der Waals surface area contributed by atoms with E-state index in [1.54, 1.807) is 12.1 Å². The van der Waals surface area contributed by atoms with Crippen LogP contribution in [0.1, 0.15) is 38.2 Å². The lowest BCUT2D eigenvalue weighted by atomic mass is 9.98. The van der Waals surface area contributed by atoms with E-state index < -0.39 is 17.6 Å². The van der Waals surface area contributed by atoms with Crippen LogP contribution in [0.15, 0.2) is 37.9 Å². The van der Waals surface area contributed by atoms with E-state index in [4.69, 9.17) is 9.15 Å². The second-order valence-electron chi connectivity index (χ2n) is 6.56. The summed E-state index contributed by atoms with van der Waals surface area (Å²) < 4.78 is 11.4. The van der Waals surface area contributed by atoms with Crippen LogP contribution >= 0.6 is 15.9 Å². The number of ether oxygens (including phenoxy) is 1. The normalized spacial score (nSPS) is 15.8. The Balaban J connectivity index is 1.78. The number of esters is 1. The molecule has 1 aromatic heterocycles. The van der Waals surface area contributed by atoms with E-state index in [2.05, 4.69) is 21.2 Å². The zero-order valence-corrected chi connectivity index (χ0v) is 16.0. The Morgan fingerprint density at radius 1 is 1.31 bits per heavy atom. The summed E-state index contributed by atoms with van der Waals surface area (Å²) in [5.41, 5.74) is 0.494. The van der Waals surface area contributed by atoms with Crippen LogP contribution in [0.25, 0.3) is 11.0 Å². The first kappa shape index (κ1) is 18.6. The average Bonchev–Trinajstić information content (AvgIpc) is 3.10. The number of carbonyl (C=O) groups excluding carboxylic acids is 2. The second kappa shape index (κ2) is 8.03. The first-order valence-electron chi connectivity index (χ1n) is 8.60. The maximum Gasteiger partial charge on any atom is 0.336 e. The van der Waals surface area contributed by atoms with Gasteiger partial charge in [-0.05, 0) is 37.0 Å². The molecule has 0 aliphatic heterocycles. The third-order valence-electron chi connectivity index (χ3n) is 4.65. The number of hydrogen-bond acceptors (Lipinski definition) is 5. The quantitative estimate of drug-likeness (QED) is 0.591. The van der Waals surface area contributed by atoms with Gasteiger partial charge < -0.3 is 14.5 Å². The molecule has 6 nitrogen and oxygen atoms in total. The van der Waals surface area contributed by atoms with Crippen LogP contribution in [0.4, 0.5) is 0 Å². The molecule has 3 rings (SSSR count). The number of amides is 1. The molecular formula is C19H20BrNO5. The van der Waals surface area contributed by atoms with Crippen LogP contribution in [0.5, 0.6) is 0 Å². The smallest absolute Gasteiger partial charge is 0.336 e. The number of fused-ring (bicyclic) bond motifs is 1. The molecule has 1 saturated carbocycles. The molecule has 1 unspecified atom stereocenters. The Hall–Kier alpha value is -2.15.